The predicted octanol–water partition coefficient (Wildman–Crippen LogP) is 4.13. The molecule has 1 atom stereocenters. The van der Waals surface area contributed by atoms with Gasteiger partial charge in [0.1, 0.15) is 0 Å². The smallest absolute Gasteiger partial charge is 0.399 e. The molecule has 4 nitrogen and oxygen atoms in total. The minimum Gasteiger partial charge on any atom is -0.399 e. The lowest BCUT2D eigenvalue weighted by atomic mass is 10.0. The topological polar surface area (TPSA) is 49.6 Å². The van der Waals surface area contributed by atoms with Gasteiger partial charge >= 0.3 is 6.18 Å². The minimum atomic E-state index is -4.38. The second-order valence-corrected chi connectivity index (χ2v) is 7.57. The fraction of sp³-hybridized carbons (Fsp3) is 0.409. The van der Waals surface area contributed by atoms with E-state index in [4.69, 9.17) is 5.73 Å². The van der Waals surface area contributed by atoms with Crippen LogP contribution in [0.4, 0.5) is 18.9 Å². The van der Waals surface area contributed by atoms with Gasteiger partial charge in [-0.05, 0) is 61.3 Å². The Labute approximate surface area is 169 Å². The maximum atomic E-state index is 12.9. The molecule has 0 saturated carbocycles. The number of hydrogen-bond acceptors (Lipinski definition) is 3. The van der Waals surface area contributed by atoms with E-state index in [-0.39, 0.29) is 18.4 Å². The van der Waals surface area contributed by atoms with Crippen LogP contribution in [-0.4, -0.2) is 42.4 Å². The molecule has 0 radical (unpaired) electrons. The Bertz CT molecular complexity index is 830. The number of anilines is 1. The van der Waals surface area contributed by atoms with Crippen molar-refractivity contribution in [1.82, 2.24) is 9.80 Å². The van der Waals surface area contributed by atoms with Gasteiger partial charge in [0.15, 0.2) is 0 Å². The zero-order valence-electron chi connectivity index (χ0n) is 16.5. The molecule has 1 aliphatic heterocycles. The molecule has 2 N–H and O–H groups in total. The summed E-state index contributed by atoms with van der Waals surface area (Å²) in [7, 11) is 1.75. The molecule has 1 amide bonds. The highest BCUT2D eigenvalue weighted by atomic mass is 19.4. The molecule has 2 aromatic rings. The molecule has 1 aliphatic rings. The molecule has 0 bridgehead atoms. The van der Waals surface area contributed by atoms with Crippen LogP contribution in [0.2, 0.25) is 0 Å². The van der Waals surface area contributed by atoms with Crippen LogP contribution in [0.5, 0.6) is 0 Å². The second kappa shape index (κ2) is 8.86. The SMILES string of the molecule is CN(C(=O)Cc1ccc(C(F)(F)F)cc1)[C@H](CN1CCCC1)c1cccc(N)c1. The summed E-state index contributed by atoms with van der Waals surface area (Å²) in [6, 6.07) is 12.1. The molecule has 0 spiro atoms. The summed E-state index contributed by atoms with van der Waals surface area (Å²) in [5.41, 5.74) is 7.38. The Kier molecular flexibility index (Phi) is 6.47. The standard InChI is InChI=1S/C22H26F3N3O/c1-27(21(29)13-16-7-9-18(10-8-16)22(23,24)25)20(15-28-11-2-3-12-28)17-5-4-6-19(26)14-17/h4-10,14,20H,2-3,11-13,15,26H2,1H3/t20-/m1/s1. The summed E-state index contributed by atoms with van der Waals surface area (Å²) in [5.74, 6) is -0.142. The van der Waals surface area contributed by atoms with E-state index in [0.717, 1.165) is 43.6 Å². The van der Waals surface area contributed by atoms with Crippen LogP contribution < -0.4 is 5.73 Å². The lowest BCUT2D eigenvalue weighted by Gasteiger charge is -2.32. The van der Waals surface area contributed by atoms with Crippen LogP contribution in [0.25, 0.3) is 0 Å². The average molecular weight is 405 g/mol. The first-order valence-corrected chi connectivity index (χ1v) is 9.73. The van der Waals surface area contributed by atoms with Crippen molar-refractivity contribution < 1.29 is 18.0 Å². The van der Waals surface area contributed by atoms with Gasteiger partial charge in [-0.1, -0.05) is 24.3 Å². The number of benzene rings is 2. The third-order valence-electron chi connectivity index (χ3n) is 5.42. The van der Waals surface area contributed by atoms with E-state index in [2.05, 4.69) is 4.90 Å². The molecule has 7 heteroatoms. The third-order valence-corrected chi connectivity index (χ3v) is 5.42. The van der Waals surface area contributed by atoms with E-state index in [1.165, 1.54) is 12.1 Å². The molecular weight excluding hydrogens is 379 g/mol. The van der Waals surface area contributed by atoms with Crippen molar-refractivity contribution in [2.45, 2.75) is 31.5 Å². The summed E-state index contributed by atoms with van der Waals surface area (Å²) < 4.78 is 38.2. The first kappa shape index (κ1) is 21.2. The van der Waals surface area contributed by atoms with Crippen molar-refractivity contribution in [2.75, 3.05) is 32.4 Å². The first-order valence-electron chi connectivity index (χ1n) is 9.73. The van der Waals surface area contributed by atoms with Gasteiger partial charge in [0.05, 0.1) is 18.0 Å². The number of rotatable bonds is 6. The maximum Gasteiger partial charge on any atom is 0.416 e. The van der Waals surface area contributed by atoms with Crippen LogP contribution in [-0.2, 0) is 17.4 Å². The zero-order chi connectivity index (χ0) is 21.0. The van der Waals surface area contributed by atoms with Crippen LogP contribution >= 0.6 is 0 Å². The van der Waals surface area contributed by atoms with E-state index < -0.39 is 11.7 Å². The van der Waals surface area contributed by atoms with Crippen molar-refractivity contribution in [3.05, 3.63) is 65.2 Å². The highest BCUT2D eigenvalue weighted by molar-refractivity contribution is 5.79. The highest BCUT2D eigenvalue weighted by Crippen LogP contribution is 2.29. The number of halogens is 3. The van der Waals surface area contributed by atoms with Gasteiger partial charge in [0.25, 0.3) is 0 Å². The number of carbonyl (C=O) groups excluding carboxylic acids is 1. The molecule has 1 fully saturated rings. The summed E-state index contributed by atoms with van der Waals surface area (Å²) in [5, 5.41) is 0. The van der Waals surface area contributed by atoms with E-state index in [1.54, 1.807) is 18.0 Å². The Hall–Kier alpha value is -2.54. The number of hydrogen-bond donors (Lipinski definition) is 1. The number of carbonyl (C=O) groups is 1. The Morgan fingerprint density at radius 1 is 1.14 bits per heavy atom. The normalized spacial score (nSPS) is 16.0. The Morgan fingerprint density at radius 3 is 2.38 bits per heavy atom. The predicted molar refractivity (Wildman–Crippen MR) is 107 cm³/mol. The molecule has 1 heterocycles. The molecule has 0 aliphatic carbocycles. The van der Waals surface area contributed by atoms with Crippen molar-refractivity contribution in [1.29, 1.82) is 0 Å². The summed E-state index contributed by atoms with van der Waals surface area (Å²) in [6.07, 6.45) is -2.04. The van der Waals surface area contributed by atoms with E-state index in [9.17, 15) is 18.0 Å². The van der Waals surface area contributed by atoms with E-state index in [0.29, 0.717) is 17.8 Å². The number of nitrogens with zero attached hydrogens (tertiary/aromatic N) is 2. The molecular formula is C22H26F3N3O. The van der Waals surface area contributed by atoms with Gasteiger partial charge in [-0.15, -0.1) is 0 Å². The fourth-order valence-electron chi connectivity index (χ4n) is 3.71. The van der Waals surface area contributed by atoms with Crippen molar-refractivity contribution >= 4 is 11.6 Å². The Balaban J connectivity index is 1.75. The summed E-state index contributed by atoms with van der Waals surface area (Å²) in [6.45, 7) is 2.71. The molecule has 0 unspecified atom stereocenters. The van der Waals surface area contributed by atoms with Gasteiger partial charge in [-0.25, -0.2) is 0 Å². The van der Waals surface area contributed by atoms with Gasteiger partial charge < -0.3 is 15.5 Å². The molecule has 3 rings (SSSR count). The number of amides is 1. The molecule has 156 valence electrons. The van der Waals surface area contributed by atoms with Crippen molar-refractivity contribution in [3.8, 4) is 0 Å². The quantitative estimate of drug-likeness (QED) is 0.736. The largest absolute Gasteiger partial charge is 0.416 e. The second-order valence-electron chi connectivity index (χ2n) is 7.57. The van der Waals surface area contributed by atoms with E-state index in [1.807, 2.05) is 18.2 Å². The minimum absolute atomic E-state index is 0.0491. The summed E-state index contributed by atoms with van der Waals surface area (Å²) in [4.78, 5) is 16.9. The zero-order valence-corrected chi connectivity index (χ0v) is 16.5. The van der Waals surface area contributed by atoms with Crippen LogP contribution in [0.15, 0.2) is 48.5 Å². The summed E-state index contributed by atoms with van der Waals surface area (Å²) >= 11 is 0. The number of likely N-dealkylation sites (N-methyl/N-ethyl adjacent to an activating group) is 1. The lowest BCUT2D eigenvalue weighted by Crippen LogP contribution is -2.39. The van der Waals surface area contributed by atoms with Gasteiger partial charge in [0, 0.05) is 19.3 Å². The van der Waals surface area contributed by atoms with Gasteiger partial charge in [-0.2, -0.15) is 13.2 Å². The maximum absolute atomic E-state index is 12.9. The monoisotopic (exact) mass is 405 g/mol. The number of nitrogens with two attached hydrogens (primary N) is 1. The lowest BCUT2D eigenvalue weighted by molar-refractivity contribution is -0.137. The number of alkyl halides is 3. The molecule has 1 saturated heterocycles. The van der Waals surface area contributed by atoms with E-state index >= 15 is 0 Å². The first-order chi connectivity index (χ1) is 13.7. The third kappa shape index (κ3) is 5.50. The van der Waals surface area contributed by atoms with Crippen molar-refractivity contribution in [2.24, 2.45) is 0 Å². The van der Waals surface area contributed by atoms with Gasteiger partial charge in [-0.3, -0.25) is 4.79 Å². The van der Waals surface area contributed by atoms with Gasteiger partial charge in [0.2, 0.25) is 5.91 Å². The fourth-order valence-corrected chi connectivity index (χ4v) is 3.71. The molecule has 29 heavy (non-hydrogen) atoms. The van der Waals surface area contributed by atoms with Crippen LogP contribution in [0.1, 0.15) is 35.6 Å². The number of nitrogen functional groups attached to an aromatic ring is 1. The van der Waals surface area contributed by atoms with Crippen LogP contribution in [0, 0.1) is 0 Å². The number of likely N-dealkylation sites (tertiary alicyclic amines) is 1. The Morgan fingerprint density at radius 2 is 1.79 bits per heavy atom. The average Bonchev–Trinajstić information content (AvgIpc) is 3.18. The highest BCUT2D eigenvalue weighted by Gasteiger charge is 2.30. The van der Waals surface area contributed by atoms with Crippen molar-refractivity contribution in [3.63, 3.8) is 0 Å². The molecule has 2 aromatic carbocycles. The molecule has 0 aromatic heterocycles. The van der Waals surface area contributed by atoms with Crippen LogP contribution in [0.3, 0.4) is 0 Å².